The van der Waals surface area contributed by atoms with E-state index in [0.717, 1.165) is 15.6 Å². The van der Waals surface area contributed by atoms with Crippen molar-refractivity contribution < 1.29 is 19.1 Å². The molecular formula is C28H21BrClNO4. The number of carbonyl (C=O) groups is 2. The van der Waals surface area contributed by atoms with E-state index < -0.39 is 11.9 Å². The number of Topliss-reactive ketones (excluding diaryl/α,β-unsaturated/α-hetero) is 1. The quantitative estimate of drug-likeness (QED) is 0.371. The molecule has 0 unspecified atom stereocenters. The average Bonchev–Trinajstić information content (AvgIpc) is 3.14. The zero-order valence-electron chi connectivity index (χ0n) is 19.0. The van der Waals surface area contributed by atoms with E-state index >= 15 is 0 Å². The summed E-state index contributed by atoms with van der Waals surface area (Å²) >= 11 is 9.88. The number of esters is 1. The number of allylic oxidation sites excluding steroid dienone is 2. The summed E-state index contributed by atoms with van der Waals surface area (Å²) in [4.78, 5) is 26.7. The van der Waals surface area contributed by atoms with Crippen LogP contribution >= 0.6 is 27.5 Å². The molecule has 0 fully saturated rings. The number of methoxy groups -OCH3 is 1. The monoisotopic (exact) mass is 549 g/mol. The van der Waals surface area contributed by atoms with Crippen molar-refractivity contribution in [3.63, 3.8) is 0 Å². The average molecular weight is 551 g/mol. The molecule has 0 radical (unpaired) electrons. The fraction of sp³-hybridized carbons (Fsp3) is 0.143. The molecule has 7 heteroatoms. The summed E-state index contributed by atoms with van der Waals surface area (Å²) in [7, 11) is 1.34. The van der Waals surface area contributed by atoms with Crippen LogP contribution in [0.15, 0.2) is 88.0 Å². The van der Waals surface area contributed by atoms with Crippen molar-refractivity contribution in [2.45, 2.75) is 19.4 Å². The van der Waals surface area contributed by atoms with Gasteiger partial charge in [-0.1, -0.05) is 70.0 Å². The predicted molar refractivity (Wildman–Crippen MR) is 138 cm³/mol. The molecule has 0 spiro atoms. The molecule has 1 aliphatic heterocycles. The number of benzene rings is 3. The zero-order valence-corrected chi connectivity index (χ0v) is 21.4. The fourth-order valence-electron chi connectivity index (χ4n) is 4.67. The molecule has 2 aliphatic rings. The molecule has 1 aliphatic carbocycles. The maximum atomic E-state index is 13.7. The summed E-state index contributed by atoms with van der Waals surface area (Å²) in [5, 5.41) is 3.90. The zero-order chi connectivity index (χ0) is 24.7. The highest BCUT2D eigenvalue weighted by Gasteiger charge is 2.43. The van der Waals surface area contributed by atoms with E-state index in [9.17, 15) is 9.59 Å². The molecule has 3 aromatic carbocycles. The van der Waals surface area contributed by atoms with Crippen molar-refractivity contribution in [2.75, 3.05) is 7.11 Å². The summed E-state index contributed by atoms with van der Waals surface area (Å²) in [6.45, 7) is 2.05. The number of ether oxygens (including phenoxy) is 2. The predicted octanol–water partition coefficient (Wildman–Crippen LogP) is 6.42. The Kier molecular flexibility index (Phi) is 6.26. The maximum absolute atomic E-state index is 13.7. The molecule has 0 saturated heterocycles. The third-order valence-corrected chi connectivity index (χ3v) is 7.14. The van der Waals surface area contributed by atoms with E-state index in [0.29, 0.717) is 44.4 Å². The third kappa shape index (κ3) is 4.07. The molecule has 0 amide bonds. The van der Waals surface area contributed by atoms with Gasteiger partial charge in [0.05, 0.1) is 24.3 Å². The minimum absolute atomic E-state index is 0.126. The van der Waals surface area contributed by atoms with Gasteiger partial charge < -0.3 is 14.8 Å². The maximum Gasteiger partial charge on any atom is 0.336 e. The molecule has 176 valence electrons. The summed E-state index contributed by atoms with van der Waals surface area (Å²) < 4.78 is 12.2. The van der Waals surface area contributed by atoms with Gasteiger partial charge in [0, 0.05) is 43.0 Å². The Balaban J connectivity index is 1.66. The number of hydrogen-bond donors (Lipinski definition) is 1. The van der Waals surface area contributed by atoms with Crippen molar-refractivity contribution in [3.05, 3.63) is 115 Å². The normalized spacial score (nSPS) is 16.6. The van der Waals surface area contributed by atoms with Crippen LogP contribution in [0.3, 0.4) is 0 Å². The van der Waals surface area contributed by atoms with Gasteiger partial charge in [-0.05, 0) is 31.2 Å². The first-order valence-electron chi connectivity index (χ1n) is 11.0. The van der Waals surface area contributed by atoms with Crippen LogP contribution in [0.1, 0.15) is 39.9 Å². The summed E-state index contributed by atoms with van der Waals surface area (Å²) in [5.41, 5.74) is 5.13. The first-order chi connectivity index (χ1) is 16.9. The lowest BCUT2D eigenvalue weighted by molar-refractivity contribution is -0.136. The molecule has 1 heterocycles. The highest BCUT2D eigenvalue weighted by molar-refractivity contribution is 9.10. The number of fused-ring (bicyclic) bond motifs is 2. The van der Waals surface area contributed by atoms with Gasteiger partial charge in [0.1, 0.15) is 12.4 Å². The lowest BCUT2D eigenvalue weighted by atomic mass is 9.79. The second kappa shape index (κ2) is 9.36. The number of carbonyl (C=O) groups excluding carboxylic acids is 2. The third-order valence-electron chi connectivity index (χ3n) is 6.28. The van der Waals surface area contributed by atoms with Gasteiger partial charge in [-0.3, -0.25) is 4.79 Å². The Labute approximate surface area is 216 Å². The Morgan fingerprint density at radius 2 is 1.77 bits per heavy atom. The molecule has 1 atom stereocenters. The van der Waals surface area contributed by atoms with Gasteiger partial charge >= 0.3 is 5.97 Å². The number of ketones is 1. The number of rotatable bonds is 5. The SMILES string of the molecule is COC(=O)C1=C(C)NC2=C(C(=O)c3ccccc32)[C@H]1c1cc(Br)ccc1OCc1ccccc1Cl. The minimum atomic E-state index is -0.683. The fourth-order valence-corrected chi connectivity index (χ4v) is 5.24. The first-order valence-corrected chi connectivity index (χ1v) is 12.2. The van der Waals surface area contributed by atoms with E-state index in [2.05, 4.69) is 21.2 Å². The van der Waals surface area contributed by atoms with Gasteiger partial charge in [0.25, 0.3) is 0 Å². The summed E-state index contributed by atoms with van der Waals surface area (Å²) in [6, 6.07) is 20.5. The standard InChI is InChI=1S/C28H21BrClNO4/c1-15-23(28(33)34-2)24(25-26(31-15)18-8-4-5-9-19(18)27(25)32)20-13-17(29)11-12-22(20)35-14-16-7-3-6-10-21(16)30/h3-13,24,31H,14H2,1-2H3/t24-/m0/s1. The van der Waals surface area contributed by atoms with Crippen molar-refractivity contribution in [3.8, 4) is 5.75 Å². The molecule has 35 heavy (non-hydrogen) atoms. The van der Waals surface area contributed by atoms with Crippen LogP contribution in [0.5, 0.6) is 5.75 Å². The van der Waals surface area contributed by atoms with Gasteiger partial charge in [0.2, 0.25) is 0 Å². The van der Waals surface area contributed by atoms with Crippen molar-refractivity contribution >= 4 is 45.0 Å². The lowest BCUT2D eigenvalue weighted by Gasteiger charge is -2.30. The molecule has 5 nitrogen and oxygen atoms in total. The van der Waals surface area contributed by atoms with Crippen LogP contribution in [0, 0.1) is 0 Å². The molecule has 1 N–H and O–H groups in total. The molecular weight excluding hydrogens is 530 g/mol. The number of dihydropyridines is 1. The largest absolute Gasteiger partial charge is 0.489 e. The van der Waals surface area contributed by atoms with Gasteiger partial charge in [0.15, 0.2) is 5.78 Å². The number of nitrogens with one attached hydrogen (secondary N) is 1. The van der Waals surface area contributed by atoms with Crippen LogP contribution in [0.25, 0.3) is 5.70 Å². The van der Waals surface area contributed by atoms with Crippen LogP contribution in [-0.2, 0) is 16.1 Å². The first kappa shape index (κ1) is 23.4. The summed E-state index contributed by atoms with van der Waals surface area (Å²) in [6.07, 6.45) is 0. The second-order valence-electron chi connectivity index (χ2n) is 8.31. The summed E-state index contributed by atoms with van der Waals surface area (Å²) in [5.74, 6) is -0.770. The van der Waals surface area contributed by atoms with E-state index in [4.69, 9.17) is 21.1 Å². The van der Waals surface area contributed by atoms with Crippen LogP contribution in [0.2, 0.25) is 5.02 Å². The highest BCUT2D eigenvalue weighted by Crippen LogP contribution is 2.49. The van der Waals surface area contributed by atoms with E-state index in [1.54, 1.807) is 6.07 Å². The molecule has 3 aromatic rings. The van der Waals surface area contributed by atoms with Crippen LogP contribution < -0.4 is 10.1 Å². The Hall–Kier alpha value is -3.35. The highest BCUT2D eigenvalue weighted by atomic mass is 79.9. The van der Waals surface area contributed by atoms with Gasteiger partial charge in [-0.25, -0.2) is 4.79 Å². The van der Waals surface area contributed by atoms with E-state index in [-0.39, 0.29) is 12.4 Å². The van der Waals surface area contributed by atoms with E-state index in [1.807, 2.05) is 67.6 Å². The number of halogens is 2. The van der Waals surface area contributed by atoms with Gasteiger partial charge in [-0.15, -0.1) is 0 Å². The Bertz CT molecular complexity index is 1440. The van der Waals surface area contributed by atoms with Crippen LogP contribution in [0.4, 0.5) is 0 Å². The molecule has 0 aromatic heterocycles. The van der Waals surface area contributed by atoms with E-state index in [1.165, 1.54) is 7.11 Å². The number of hydrogen-bond acceptors (Lipinski definition) is 5. The van der Waals surface area contributed by atoms with Crippen molar-refractivity contribution in [2.24, 2.45) is 0 Å². The Morgan fingerprint density at radius 3 is 2.51 bits per heavy atom. The molecule has 0 saturated carbocycles. The molecule has 0 bridgehead atoms. The Morgan fingerprint density at radius 1 is 1.06 bits per heavy atom. The van der Waals surface area contributed by atoms with Crippen molar-refractivity contribution in [1.29, 1.82) is 0 Å². The van der Waals surface area contributed by atoms with Gasteiger partial charge in [-0.2, -0.15) is 0 Å². The van der Waals surface area contributed by atoms with Crippen molar-refractivity contribution in [1.82, 2.24) is 5.32 Å². The smallest absolute Gasteiger partial charge is 0.336 e. The minimum Gasteiger partial charge on any atom is -0.489 e. The molecule has 5 rings (SSSR count). The second-order valence-corrected chi connectivity index (χ2v) is 9.64. The van der Waals surface area contributed by atoms with Crippen LogP contribution in [-0.4, -0.2) is 18.9 Å². The lowest BCUT2D eigenvalue weighted by Crippen LogP contribution is -2.29. The topological polar surface area (TPSA) is 64.6 Å².